The number of ether oxygens (including phenoxy) is 8. The van der Waals surface area contributed by atoms with Crippen molar-refractivity contribution in [2.24, 2.45) is 47.3 Å². The number of aliphatic hydroxyl groups excluding tert-OH is 1. The van der Waals surface area contributed by atoms with E-state index in [0.29, 0.717) is 44.1 Å². The van der Waals surface area contributed by atoms with E-state index >= 15 is 0 Å². The molecule has 20 unspecified atom stereocenters. The number of aliphatic hydroxyl groups is 2. The quantitative estimate of drug-likeness (QED) is 0.205. The Balaban J connectivity index is 0.00000704. The van der Waals surface area contributed by atoms with E-state index < -0.39 is 53.7 Å². The number of hydrogen-bond donors (Lipinski definition) is 2. The van der Waals surface area contributed by atoms with Gasteiger partial charge in [-0.25, -0.2) is 0 Å². The van der Waals surface area contributed by atoms with Gasteiger partial charge in [0.05, 0.1) is 54.9 Å². The van der Waals surface area contributed by atoms with E-state index in [0.717, 1.165) is 19.3 Å². The Morgan fingerprint density at radius 2 is 1.57 bits per heavy atom. The van der Waals surface area contributed by atoms with Gasteiger partial charge in [-0.1, -0.05) is 61.5 Å². The second-order valence-electron chi connectivity index (χ2n) is 20.4. The zero-order chi connectivity index (χ0) is 44.1. The van der Waals surface area contributed by atoms with Crippen LogP contribution in [0.5, 0.6) is 0 Å². The number of carbonyl (C=O) groups is 2. The van der Waals surface area contributed by atoms with Gasteiger partial charge in [0.25, 0.3) is 0 Å². The molecule has 2 spiro atoms. The van der Waals surface area contributed by atoms with Crippen LogP contribution in [0.1, 0.15) is 140 Å². The van der Waals surface area contributed by atoms with Gasteiger partial charge in [-0.3, -0.25) is 4.79 Å². The molecule has 0 aromatic carbocycles. The van der Waals surface area contributed by atoms with Crippen LogP contribution in [0.2, 0.25) is 0 Å². The molecule has 0 aromatic heterocycles. The average Bonchev–Trinajstić information content (AvgIpc) is 3.72. The van der Waals surface area contributed by atoms with E-state index in [9.17, 15) is 24.9 Å². The van der Waals surface area contributed by atoms with Crippen molar-refractivity contribution in [3.63, 3.8) is 0 Å². The Morgan fingerprint density at radius 3 is 2.21 bits per heavy atom. The molecule has 0 saturated carbocycles. The van der Waals surface area contributed by atoms with E-state index in [1.165, 1.54) is 0 Å². The number of carboxylic acid groups (broad SMARTS) is 1. The first-order valence-corrected chi connectivity index (χ1v) is 23.1. The molecule has 20 atom stereocenters. The molecule has 6 aliphatic heterocycles. The van der Waals surface area contributed by atoms with Gasteiger partial charge in [0.1, 0.15) is 0 Å². The molecule has 344 valence electrons. The predicted molar refractivity (Wildman–Crippen MR) is 220 cm³/mol. The fourth-order valence-corrected chi connectivity index (χ4v) is 11.7. The third-order valence-corrected chi connectivity index (χ3v) is 15.8. The van der Waals surface area contributed by atoms with E-state index in [4.69, 9.17) is 37.9 Å². The summed E-state index contributed by atoms with van der Waals surface area (Å²) in [6, 6.07) is 0. The van der Waals surface area contributed by atoms with Crippen LogP contribution in [-0.4, -0.2) is 108 Å². The van der Waals surface area contributed by atoms with Crippen molar-refractivity contribution in [3.05, 3.63) is 11.6 Å². The molecular formula is C47H77NaO13. The first-order valence-electron chi connectivity index (χ1n) is 23.1. The van der Waals surface area contributed by atoms with Crippen molar-refractivity contribution in [1.29, 1.82) is 0 Å². The van der Waals surface area contributed by atoms with Gasteiger partial charge in [-0.05, 0) is 83.1 Å². The molecule has 0 aromatic rings. The van der Waals surface area contributed by atoms with Crippen molar-refractivity contribution in [3.8, 4) is 0 Å². The van der Waals surface area contributed by atoms with Crippen LogP contribution in [0, 0.1) is 47.3 Å². The van der Waals surface area contributed by atoms with Gasteiger partial charge in [0, 0.05) is 67.8 Å². The summed E-state index contributed by atoms with van der Waals surface area (Å²) in [4.78, 5) is 24.9. The summed E-state index contributed by atoms with van der Waals surface area (Å²) in [6.45, 7) is 21.4. The fraction of sp³-hybridized carbons (Fsp3) is 0.915. The summed E-state index contributed by atoms with van der Waals surface area (Å²) < 4.78 is 53.9. The smallest absolute Gasteiger partial charge is 0.550 e. The van der Waals surface area contributed by atoms with Gasteiger partial charge >= 0.3 is 29.6 Å². The Bertz CT molecular complexity index is 1550. The van der Waals surface area contributed by atoms with E-state index in [1.54, 1.807) is 27.9 Å². The zero-order valence-electron chi connectivity index (χ0n) is 39.5. The van der Waals surface area contributed by atoms with Gasteiger partial charge in [0.2, 0.25) is 0 Å². The standard InChI is InChI=1S/C47H78O13.Na/c1-25(19-26(2)41(49)27(3)20-29(5)43(50)51)36-23-37(55-40-16-14-35(53-12)34(10)54-40)33(9)46(56-36)18-17-44(11,60-46)39-15-13-30(6)47(58-39)32(8)22-38(57-47)42-28(4)21-31(7)45(52,24-48)59-42;/h19,25,27-40,42,48,52H,13-18,20-24H2,1-12H3,(H,50,51);/q;+1/p-1. The molecule has 6 rings (SSSR count). The van der Waals surface area contributed by atoms with Crippen LogP contribution in [0.15, 0.2) is 11.6 Å². The number of carbonyl (C=O) groups excluding carboxylic acids is 2. The Kier molecular flexibility index (Phi) is 17.0. The number of hydrogen-bond acceptors (Lipinski definition) is 13. The summed E-state index contributed by atoms with van der Waals surface area (Å²) in [7, 11) is 1.71. The van der Waals surface area contributed by atoms with Gasteiger partial charge in [-0.2, -0.15) is 0 Å². The van der Waals surface area contributed by atoms with E-state index in [-0.39, 0.29) is 120 Å². The Morgan fingerprint density at radius 1 is 0.869 bits per heavy atom. The number of methoxy groups -OCH3 is 1. The minimum absolute atomic E-state index is 0. The number of Topliss-reactive ketones (excluding diaryl/α,β-unsaturated/α-hetero) is 1. The van der Waals surface area contributed by atoms with Gasteiger partial charge in [-0.15, -0.1) is 0 Å². The molecule has 14 heteroatoms. The maximum atomic E-state index is 13.5. The van der Waals surface area contributed by atoms with Crippen LogP contribution < -0.4 is 34.7 Å². The normalized spacial score (nSPS) is 47.2. The molecule has 6 fully saturated rings. The minimum atomic E-state index is -1.61. The molecule has 0 bridgehead atoms. The van der Waals surface area contributed by atoms with E-state index in [1.807, 2.05) is 19.9 Å². The van der Waals surface area contributed by atoms with E-state index in [2.05, 4.69) is 41.5 Å². The van der Waals surface area contributed by atoms with Crippen LogP contribution >= 0.6 is 0 Å². The molecule has 2 N–H and O–H groups in total. The SMILES string of the molecule is COC1CCC(OC2CC(C(C)C=C(C)C(=O)C(C)CC(C)C(=O)[O-])OC3(CCC(C)(C4CCC(C)C5(OC(C6OC(O)(CO)C(C)CC6C)CC5C)O4)O3)C2C)OC1C.[Na+]. The molecular weight excluding hydrogens is 795 g/mol. The summed E-state index contributed by atoms with van der Waals surface area (Å²) in [5.41, 5.74) is -0.141. The second kappa shape index (κ2) is 20.1. The Hall–Kier alpha value is -0.520. The number of rotatable bonds is 13. The minimum Gasteiger partial charge on any atom is -0.550 e. The predicted octanol–water partition coefficient (Wildman–Crippen LogP) is 2.85. The maximum absolute atomic E-state index is 13.5. The van der Waals surface area contributed by atoms with Crippen LogP contribution in [0.25, 0.3) is 0 Å². The first kappa shape index (κ1) is 51.5. The summed E-state index contributed by atoms with van der Waals surface area (Å²) in [5, 5.41) is 32.7. The van der Waals surface area contributed by atoms with Crippen molar-refractivity contribution >= 4 is 11.8 Å². The van der Waals surface area contributed by atoms with Crippen LogP contribution in [-0.2, 0) is 47.5 Å². The van der Waals surface area contributed by atoms with Crippen LogP contribution in [0.4, 0.5) is 0 Å². The number of allylic oxidation sites excluding steroid dienone is 1. The first-order chi connectivity index (χ1) is 28.1. The van der Waals surface area contributed by atoms with Crippen molar-refractivity contribution < 1.29 is 92.4 Å². The maximum Gasteiger partial charge on any atom is 1.00 e. The molecule has 0 amide bonds. The summed E-state index contributed by atoms with van der Waals surface area (Å²) in [6.07, 6.45) is 6.53. The van der Waals surface area contributed by atoms with Gasteiger partial charge < -0.3 is 58.0 Å². The monoisotopic (exact) mass is 873 g/mol. The summed E-state index contributed by atoms with van der Waals surface area (Å²) >= 11 is 0. The molecule has 61 heavy (non-hydrogen) atoms. The number of ketones is 1. The summed E-state index contributed by atoms with van der Waals surface area (Å²) in [5.74, 6) is -6.20. The largest absolute Gasteiger partial charge is 1.00 e. The van der Waals surface area contributed by atoms with Crippen molar-refractivity contribution in [2.75, 3.05) is 13.7 Å². The molecule has 6 heterocycles. The fourth-order valence-electron chi connectivity index (χ4n) is 11.7. The molecule has 0 radical (unpaired) electrons. The number of aliphatic carboxylic acids is 1. The van der Waals surface area contributed by atoms with Crippen molar-refractivity contribution in [1.82, 2.24) is 0 Å². The van der Waals surface area contributed by atoms with Crippen LogP contribution in [0.3, 0.4) is 0 Å². The zero-order valence-corrected chi connectivity index (χ0v) is 41.5. The average molecular weight is 873 g/mol. The third kappa shape index (κ3) is 10.4. The number of carboxylic acids is 1. The third-order valence-electron chi connectivity index (χ3n) is 15.8. The second-order valence-corrected chi connectivity index (χ2v) is 20.4. The van der Waals surface area contributed by atoms with Gasteiger partial charge in [0.15, 0.2) is 29.4 Å². The molecule has 0 aliphatic carbocycles. The molecule has 6 saturated heterocycles. The van der Waals surface area contributed by atoms with Crippen molar-refractivity contribution in [2.45, 2.75) is 212 Å². The molecule has 6 aliphatic rings. The topological polar surface area (TPSA) is 171 Å². The Labute approximate surface area is 387 Å². The molecule has 13 nitrogen and oxygen atoms in total.